The number of rotatable bonds is 1. The zero-order valence-corrected chi connectivity index (χ0v) is 8.62. The first-order valence-electron chi connectivity index (χ1n) is 5.30. The van der Waals surface area contributed by atoms with E-state index >= 15 is 0 Å². The Bertz CT molecular complexity index is 236. The molecule has 2 rings (SSSR count). The van der Waals surface area contributed by atoms with E-state index in [0.29, 0.717) is 6.54 Å². The predicted molar refractivity (Wildman–Crippen MR) is 52.8 cm³/mol. The van der Waals surface area contributed by atoms with E-state index in [-0.39, 0.29) is 17.4 Å². The number of nitrogens with one attached hydrogen (secondary N) is 1. The van der Waals surface area contributed by atoms with Crippen LogP contribution in [0.15, 0.2) is 0 Å². The third-order valence-electron chi connectivity index (χ3n) is 3.34. The van der Waals surface area contributed by atoms with Crippen molar-refractivity contribution in [1.82, 2.24) is 10.2 Å². The molecule has 2 fully saturated rings. The van der Waals surface area contributed by atoms with Crippen LogP contribution in [-0.2, 0) is 4.79 Å². The van der Waals surface area contributed by atoms with Gasteiger partial charge in [-0.15, -0.1) is 0 Å². The minimum Gasteiger partial charge on any atom is -0.391 e. The van der Waals surface area contributed by atoms with Crippen molar-refractivity contribution in [2.24, 2.45) is 5.41 Å². The smallest absolute Gasteiger partial charge is 0.229 e. The molecule has 80 valence electrons. The highest BCUT2D eigenvalue weighted by Gasteiger charge is 2.40. The molecule has 0 aromatic heterocycles. The van der Waals surface area contributed by atoms with Crippen LogP contribution in [0.3, 0.4) is 0 Å². The SMILES string of the molecule is CC1(C(=O)N2CC[C@H](O)C2)CCNC1. The Labute approximate surface area is 84.3 Å². The molecule has 0 radical (unpaired) electrons. The summed E-state index contributed by atoms with van der Waals surface area (Å²) in [7, 11) is 0. The normalized spacial score (nSPS) is 37.9. The number of likely N-dealkylation sites (tertiary alicyclic amines) is 1. The van der Waals surface area contributed by atoms with Gasteiger partial charge in [0.15, 0.2) is 0 Å². The van der Waals surface area contributed by atoms with Crippen LogP contribution in [-0.4, -0.2) is 48.2 Å². The second-order valence-corrected chi connectivity index (χ2v) is 4.68. The van der Waals surface area contributed by atoms with E-state index in [1.54, 1.807) is 4.90 Å². The lowest BCUT2D eigenvalue weighted by molar-refractivity contribution is -0.139. The number of amides is 1. The average molecular weight is 198 g/mol. The molecule has 2 N–H and O–H groups in total. The van der Waals surface area contributed by atoms with E-state index in [1.807, 2.05) is 6.92 Å². The first-order valence-corrected chi connectivity index (χ1v) is 5.30. The molecule has 0 bridgehead atoms. The van der Waals surface area contributed by atoms with Gasteiger partial charge in [0, 0.05) is 19.6 Å². The molecular formula is C10H18N2O2. The monoisotopic (exact) mass is 198 g/mol. The minimum absolute atomic E-state index is 0.207. The fourth-order valence-corrected chi connectivity index (χ4v) is 2.31. The van der Waals surface area contributed by atoms with Gasteiger partial charge in [0.25, 0.3) is 0 Å². The number of hydrogen-bond acceptors (Lipinski definition) is 3. The van der Waals surface area contributed by atoms with Gasteiger partial charge in [-0.2, -0.15) is 0 Å². The van der Waals surface area contributed by atoms with Crippen molar-refractivity contribution < 1.29 is 9.90 Å². The first kappa shape index (κ1) is 9.93. The van der Waals surface area contributed by atoms with Gasteiger partial charge in [-0.05, 0) is 26.3 Å². The molecule has 1 unspecified atom stereocenters. The zero-order valence-electron chi connectivity index (χ0n) is 8.62. The number of carbonyl (C=O) groups excluding carboxylic acids is 1. The van der Waals surface area contributed by atoms with E-state index in [2.05, 4.69) is 5.32 Å². The van der Waals surface area contributed by atoms with Gasteiger partial charge in [-0.25, -0.2) is 0 Å². The van der Waals surface area contributed by atoms with Crippen molar-refractivity contribution in [3.8, 4) is 0 Å². The van der Waals surface area contributed by atoms with E-state index in [4.69, 9.17) is 0 Å². The third kappa shape index (κ3) is 1.64. The maximum absolute atomic E-state index is 12.1. The molecule has 2 aliphatic heterocycles. The fourth-order valence-electron chi connectivity index (χ4n) is 2.31. The van der Waals surface area contributed by atoms with Crippen LogP contribution >= 0.6 is 0 Å². The Balaban J connectivity index is 2.00. The number of nitrogens with zero attached hydrogens (tertiary/aromatic N) is 1. The van der Waals surface area contributed by atoms with Gasteiger partial charge >= 0.3 is 0 Å². The number of hydrogen-bond donors (Lipinski definition) is 2. The number of β-amino-alcohol motifs (C(OH)–C–C–N with tert-alkyl or cyclic N) is 1. The number of aliphatic hydroxyl groups excluding tert-OH is 1. The summed E-state index contributed by atoms with van der Waals surface area (Å²) in [6.45, 7) is 4.96. The molecule has 2 saturated heterocycles. The van der Waals surface area contributed by atoms with Gasteiger partial charge in [0.05, 0.1) is 11.5 Å². The Kier molecular flexibility index (Phi) is 2.49. The third-order valence-corrected chi connectivity index (χ3v) is 3.34. The molecule has 4 nitrogen and oxygen atoms in total. The summed E-state index contributed by atoms with van der Waals surface area (Å²) in [5, 5.41) is 12.6. The Morgan fingerprint density at radius 3 is 2.93 bits per heavy atom. The number of carbonyl (C=O) groups is 1. The van der Waals surface area contributed by atoms with Crippen LogP contribution < -0.4 is 5.32 Å². The van der Waals surface area contributed by atoms with Crippen molar-refractivity contribution in [3.05, 3.63) is 0 Å². The summed E-state index contributed by atoms with van der Waals surface area (Å²) < 4.78 is 0. The van der Waals surface area contributed by atoms with E-state index in [1.165, 1.54) is 0 Å². The summed E-state index contributed by atoms with van der Waals surface area (Å²) in [6.07, 6.45) is 1.34. The highest BCUT2D eigenvalue weighted by atomic mass is 16.3. The molecule has 1 amide bonds. The Morgan fingerprint density at radius 1 is 1.64 bits per heavy atom. The molecule has 14 heavy (non-hydrogen) atoms. The lowest BCUT2D eigenvalue weighted by Crippen LogP contribution is -2.42. The Morgan fingerprint density at radius 2 is 2.43 bits per heavy atom. The van der Waals surface area contributed by atoms with Crippen LogP contribution in [0.4, 0.5) is 0 Å². The topological polar surface area (TPSA) is 52.6 Å². The highest BCUT2D eigenvalue weighted by Crippen LogP contribution is 2.28. The predicted octanol–water partition coefficient (Wildman–Crippen LogP) is -0.421. The van der Waals surface area contributed by atoms with Gasteiger partial charge in [-0.3, -0.25) is 4.79 Å². The quantitative estimate of drug-likeness (QED) is 0.601. The fraction of sp³-hybridized carbons (Fsp3) is 0.900. The van der Waals surface area contributed by atoms with Gasteiger partial charge in [0.1, 0.15) is 0 Å². The van der Waals surface area contributed by atoms with Crippen LogP contribution in [0, 0.1) is 5.41 Å². The molecule has 0 spiro atoms. The Hall–Kier alpha value is -0.610. The number of aliphatic hydroxyl groups is 1. The molecule has 2 atom stereocenters. The van der Waals surface area contributed by atoms with Crippen LogP contribution in [0.1, 0.15) is 19.8 Å². The molecule has 4 heteroatoms. The summed E-state index contributed by atoms with van der Waals surface area (Å²) in [5.41, 5.74) is -0.232. The van der Waals surface area contributed by atoms with Crippen LogP contribution in [0.25, 0.3) is 0 Å². The van der Waals surface area contributed by atoms with Crippen molar-refractivity contribution in [2.45, 2.75) is 25.9 Å². The summed E-state index contributed by atoms with van der Waals surface area (Å²) in [5.74, 6) is 0.207. The molecular weight excluding hydrogens is 180 g/mol. The van der Waals surface area contributed by atoms with Gasteiger partial charge in [-0.1, -0.05) is 0 Å². The lowest BCUT2D eigenvalue weighted by atomic mass is 9.88. The summed E-state index contributed by atoms with van der Waals surface area (Å²) in [4.78, 5) is 13.9. The van der Waals surface area contributed by atoms with Gasteiger partial charge < -0.3 is 15.3 Å². The van der Waals surface area contributed by atoms with Gasteiger partial charge in [0.2, 0.25) is 5.91 Å². The minimum atomic E-state index is -0.308. The van der Waals surface area contributed by atoms with Crippen molar-refractivity contribution in [3.63, 3.8) is 0 Å². The second kappa shape index (κ2) is 3.51. The largest absolute Gasteiger partial charge is 0.391 e. The second-order valence-electron chi connectivity index (χ2n) is 4.68. The van der Waals surface area contributed by atoms with Crippen molar-refractivity contribution in [1.29, 1.82) is 0 Å². The summed E-state index contributed by atoms with van der Waals surface area (Å²) >= 11 is 0. The average Bonchev–Trinajstić information content (AvgIpc) is 2.74. The van der Waals surface area contributed by atoms with E-state index in [0.717, 1.165) is 32.5 Å². The van der Waals surface area contributed by atoms with E-state index < -0.39 is 0 Å². The molecule has 2 heterocycles. The molecule has 0 saturated carbocycles. The van der Waals surface area contributed by atoms with Crippen LogP contribution in [0.5, 0.6) is 0 Å². The molecule has 0 aliphatic carbocycles. The van der Waals surface area contributed by atoms with E-state index in [9.17, 15) is 9.90 Å². The maximum atomic E-state index is 12.1. The first-order chi connectivity index (χ1) is 6.62. The molecule has 0 aromatic rings. The molecule has 2 aliphatic rings. The highest BCUT2D eigenvalue weighted by molar-refractivity contribution is 5.83. The zero-order chi connectivity index (χ0) is 10.2. The maximum Gasteiger partial charge on any atom is 0.229 e. The molecule has 0 aromatic carbocycles. The van der Waals surface area contributed by atoms with Crippen molar-refractivity contribution >= 4 is 5.91 Å². The summed E-state index contributed by atoms with van der Waals surface area (Å²) in [6, 6.07) is 0. The van der Waals surface area contributed by atoms with Crippen molar-refractivity contribution in [2.75, 3.05) is 26.2 Å². The standard InChI is InChI=1S/C10H18N2O2/c1-10(3-4-11-7-10)9(14)12-5-2-8(13)6-12/h8,11,13H,2-7H2,1H3/t8-,10?/m0/s1. The lowest BCUT2D eigenvalue weighted by Gasteiger charge is -2.27. The van der Waals surface area contributed by atoms with Crippen LogP contribution in [0.2, 0.25) is 0 Å².